The maximum atomic E-state index is 12.6. The van der Waals surface area contributed by atoms with E-state index in [2.05, 4.69) is 5.32 Å². The zero-order chi connectivity index (χ0) is 19.5. The maximum Gasteiger partial charge on any atom is 0.255 e. The third-order valence-corrected chi connectivity index (χ3v) is 5.95. The van der Waals surface area contributed by atoms with Crippen molar-refractivity contribution in [3.05, 3.63) is 53.1 Å². The molecule has 1 N–H and O–H groups in total. The Labute approximate surface area is 154 Å². The van der Waals surface area contributed by atoms with E-state index in [4.69, 9.17) is 4.74 Å². The van der Waals surface area contributed by atoms with Gasteiger partial charge in [-0.15, -0.1) is 0 Å². The third kappa shape index (κ3) is 4.05. The first-order valence-corrected chi connectivity index (χ1v) is 9.69. The predicted octanol–water partition coefficient (Wildman–Crippen LogP) is 3.20. The average Bonchev–Trinajstić information content (AvgIpc) is 2.58. The van der Waals surface area contributed by atoms with Crippen LogP contribution >= 0.6 is 0 Å². The van der Waals surface area contributed by atoms with Crippen LogP contribution < -0.4 is 10.1 Å². The van der Waals surface area contributed by atoms with Crippen LogP contribution in [-0.2, 0) is 10.0 Å². The van der Waals surface area contributed by atoms with Gasteiger partial charge in [0.05, 0.1) is 6.61 Å². The number of nitrogens with one attached hydrogen (secondary N) is 1. The second-order valence-electron chi connectivity index (χ2n) is 6.08. The minimum atomic E-state index is -3.71. The second-order valence-corrected chi connectivity index (χ2v) is 8.20. The Bertz CT molecular complexity index is 921. The van der Waals surface area contributed by atoms with Crippen molar-refractivity contribution in [1.82, 2.24) is 4.31 Å². The van der Waals surface area contributed by atoms with E-state index in [0.717, 1.165) is 15.4 Å². The summed E-state index contributed by atoms with van der Waals surface area (Å²) in [4.78, 5) is 12.6. The number of hydrogen-bond donors (Lipinski definition) is 1. The number of hydrogen-bond acceptors (Lipinski definition) is 4. The second kappa shape index (κ2) is 7.88. The van der Waals surface area contributed by atoms with Gasteiger partial charge in [0.2, 0.25) is 10.0 Å². The number of sulfonamides is 1. The van der Waals surface area contributed by atoms with Crippen LogP contribution in [0.4, 0.5) is 5.69 Å². The molecule has 0 spiro atoms. The molecule has 1 amide bonds. The van der Waals surface area contributed by atoms with Gasteiger partial charge in [0, 0.05) is 25.3 Å². The molecule has 7 heteroatoms. The van der Waals surface area contributed by atoms with Gasteiger partial charge in [-0.25, -0.2) is 12.7 Å². The van der Waals surface area contributed by atoms with E-state index in [9.17, 15) is 13.2 Å². The summed E-state index contributed by atoms with van der Waals surface area (Å²) in [5.74, 6) is -0.0329. The molecule has 0 aliphatic carbocycles. The van der Waals surface area contributed by atoms with Crippen molar-refractivity contribution in [2.24, 2.45) is 0 Å². The summed E-state index contributed by atoms with van der Waals surface area (Å²) in [6.45, 7) is 5.93. The van der Waals surface area contributed by atoms with Crippen molar-refractivity contribution in [3.63, 3.8) is 0 Å². The molecule has 0 atom stereocenters. The van der Waals surface area contributed by atoms with Crippen LogP contribution in [0.3, 0.4) is 0 Å². The normalized spacial score (nSPS) is 11.5. The van der Waals surface area contributed by atoms with Crippen molar-refractivity contribution in [2.75, 3.05) is 26.0 Å². The van der Waals surface area contributed by atoms with E-state index in [1.807, 2.05) is 26.0 Å². The van der Waals surface area contributed by atoms with Crippen molar-refractivity contribution < 1.29 is 17.9 Å². The van der Waals surface area contributed by atoms with Crippen molar-refractivity contribution in [2.45, 2.75) is 25.7 Å². The van der Waals surface area contributed by atoms with Gasteiger partial charge in [-0.3, -0.25) is 4.79 Å². The van der Waals surface area contributed by atoms with Gasteiger partial charge in [-0.1, -0.05) is 12.1 Å². The lowest BCUT2D eigenvalue weighted by Gasteiger charge is -2.17. The lowest BCUT2D eigenvalue weighted by Crippen LogP contribution is -2.23. The summed E-state index contributed by atoms with van der Waals surface area (Å²) in [6.07, 6.45) is 0. The number of rotatable bonds is 6. The molecular weight excluding hydrogens is 352 g/mol. The van der Waals surface area contributed by atoms with E-state index in [1.165, 1.54) is 20.2 Å². The van der Waals surface area contributed by atoms with Gasteiger partial charge >= 0.3 is 0 Å². The van der Waals surface area contributed by atoms with E-state index in [-0.39, 0.29) is 16.6 Å². The number of amides is 1. The summed E-state index contributed by atoms with van der Waals surface area (Å²) in [6, 6.07) is 10.1. The first kappa shape index (κ1) is 19.9. The highest BCUT2D eigenvalue weighted by Gasteiger charge is 2.23. The molecule has 0 unspecified atom stereocenters. The van der Waals surface area contributed by atoms with Crippen molar-refractivity contribution in [1.29, 1.82) is 0 Å². The fourth-order valence-electron chi connectivity index (χ4n) is 2.45. The number of nitrogens with zero attached hydrogens (tertiary/aromatic N) is 1. The molecule has 0 aliphatic heterocycles. The van der Waals surface area contributed by atoms with Gasteiger partial charge in [0.1, 0.15) is 10.6 Å². The van der Waals surface area contributed by atoms with Crippen LogP contribution in [0.5, 0.6) is 5.75 Å². The van der Waals surface area contributed by atoms with Crippen LogP contribution in [0.2, 0.25) is 0 Å². The quantitative estimate of drug-likeness (QED) is 0.840. The highest BCUT2D eigenvalue weighted by molar-refractivity contribution is 7.89. The van der Waals surface area contributed by atoms with Gasteiger partial charge in [0.25, 0.3) is 5.91 Å². The molecule has 6 nitrogen and oxygen atoms in total. The standard InChI is InChI=1S/C19H24N2O4S/c1-6-25-17-11-10-15(12-18(17)26(23,24)21(4)5)20-19(22)16-9-7-8-13(2)14(16)3/h7-12H,6H2,1-5H3,(H,20,22). The summed E-state index contributed by atoms with van der Waals surface area (Å²) < 4.78 is 31.7. The molecule has 26 heavy (non-hydrogen) atoms. The highest BCUT2D eigenvalue weighted by atomic mass is 32.2. The Kier molecular flexibility index (Phi) is 6.05. The Balaban J connectivity index is 2.42. The Morgan fingerprint density at radius 2 is 1.85 bits per heavy atom. The zero-order valence-electron chi connectivity index (χ0n) is 15.7. The number of carbonyl (C=O) groups excluding carboxylic acids is 1. The number of carbonyl (C=O) groups is 1. The zero-order valence-corrected chi connectivity index (χ0v) is 16.5. The summed E-state index contributed by atoms with van der Waals surface area (Å²) in [5, 5.41) is 2.77. The minimum absolute atomic E-state index is 0.0168. The average molecular weight is 376 g/mol. The lowest BCUT2D eigenvalue weighted by atomic mass is 10.0. The molecule has 0 saturated carbocycles. The molecule has 0 aliphatic rings. The molecule has 0 radical (unpaired) electrons. The first-order valence-electron chi connectivity index (χ1n) is 8.25. The topological polar surface area (TPSA) is 75.7 Å². The largest absolute Gasteiger partial charge is 0.492 e. The van der Waals surface area contributed by atoms with E-state index in [0.29, 0.717) is 17.9 Å². The van der Waals surface area contributed by atoms with Gasteiger partial charge in [-0.2, -0.15) is 0 Å². The van der Waals surface area contributed by atoms with E-state index in [1.54, 1.807) is 25.1 Å². The van der Waals surface area contributed by atoms with Crippen LogP contribution in [0, 0.1) is 13.8 Å². The number of ether oxygens (including phenoxy) is 1. The van der Waals surface area contributed by atoms with Crippen LogP contribution in [0.15, 0.2) is 41.3 Å². The SMILES string of the molecule is CCOc1ccc(NC(=O)c2cccc(C)c2C)cc1S(=O)(=O)N(C)C. The summed E-state index contributed by atoms with van der Waals surface area (Å²) in [5.41, 5.74) is 2.84. The molecule has 0 bridgehead atoms. The molecule has 2 rings (SSSR count). The molecule has 2 aromatic carbocycles. The molecular formula is C19H24N2O4S. The smallest absolute Gasteiger partial charge is 0.255 e. The molecule has 0 heterocycles. The van der Waals surface area contributed by atoms with Crippen LogP contribution in [-0.4, -0.2) is 39.3 Å². The molecule has 0 fully saturated rings. The fourth-order valence-corrected chi connectivity index (χ4v) is 3.50. The van der Waals surface area contributed by atoms with Gasteiger partial charge < -0.3 is 10.1 Å². The fraction of sp³-hybridized carbons (Fsp3) is 0.316. The van der Waals surface area contributed by atoms with E-state index < -0.39 is 10.0 Å². The minimum Gasteiger partial charge on any atom is -0.492 e. The third-order valence-electron chi connectivity index (χ3n) is 4.11. The number of anilines is 1. The van der Waals surface area contributed by atoms with Gasteiger partial charge in [-0.05, 0) is 56.2 Å². The molecule has 0 aromatic heterocycles. The van der Waals surface area contributed by atoms with Gasteiger partial charge in [0.15, 0.2) is 0 Å². The van der Waals surface area contributed by atoms with Crippen molar-refractivity contribution >= 4 is 21.6 Å². The van der Waals surface area contributed by atoms with E-state index >= 15 is 0 Å². The molecule has 0 saturated heterocycles. The molecule has 2 aromatic rings. The Hall–Kier alpha value is -2.38. The van der Waals surface area contributed by atoms with Crippen LogP contribution in [0.1, 0.15) is 28.4 Å². The first-order chi connectivity index (χ1) is 12.2. The summed E-state index contributed by atoms with van der Waals surface area (Å²) >= 11 is 0. The summed E-state index contributed by atoms with van der Waals surface area (Å²) in [7, 11) is -0.809. The monoisotopic (exact) mass is 376 g/mol. The van der Waals surface area contributed by atoms with Crippen LogP contribution in [0.25, 0.3) is 0 Å². The number of benzene rings is 2. The highest BCUT2D eigenvalue weighted by Crippen LogP contribution is 2.29. The number of aryl methyl sites for hydroxylation is 1. The van der Waals surface area contributed by atoms with Crippen molar-refractivity contribution in [3.8, 4) is 5.75 Å². The lowest BCUT2D eigenvalue weighted by molar-refractivity contribution is 0.102. The molecule has 140 valence electrons. The Morgan fingerprint density at radius 3 is 2.46 bits per heavy atom. The maximum absolute atomic E-state index is 12.6. The predicted molar refractivity (Wildman–Crippen MR) is 102 cm³/mol. The Morgan fingerprint density at radius 1 is 1.15 bits per heavy atom.